The van der Waals surface area contributed by atoms with Gasteiger partial charge in [-0.25, -0.2) is 4.98 Å². The van der Waals surface area contributed by atoms with E-state index in [1.165, 1.54) is 0 Å². The van der Waals surface area contributed by atoms with Gasteiger partial charge in [0, 0.05) is 19.6 Å². The highest BCUT2D eigenvalue weighted by molar-refractivity contribution is 4.63. The molecule has 0 bridgehead atoms. The van der Waals surface area contributed by atoms with E-state index in [1.54, 1.807) is 12.7 Å². The summed E-state index contributed by atoms with van der Waals surface area (Å²) >= 11 is 0. The summed E-state index contributed by atoms with van der Waals surface area (Å²) in [6, 6.07) is 0. The first-order chi connectivity index (χ1) is 6.45. The van der Waals surface area contributed by atoms with Gasteiger partial charge < -0.3 is 4.74 Å². The maximum Gasteiger partial charge on any atom is 0.137 e. The van der Waals surface area contributed by atoms with Crippen LogP contribution in [0, 0.1) is 0 Å². The SMILES string of the molecule is c1ncn(CCN2CCOCC2)n1. The molecule has 1 fully saturated rings. The molecule has 0 atom stereocenters. The zero-order valence-corrected chi connectivity index (χ0v) is 7.59. The molecule has 0 aliphatic carbocycles. The van der Waals surface area contributed by atoms with Gasteiger partial charge in [-0.1, -0.05) is 0 Å². The van der Waals surface area contributed by atoms with Gasteiger partial charge in [0.05, 0.1) is 19.8 Å². The van der Waals surface area contributed by atoms with Crippen LogP contribution in [0.25, 0.3) is 0 Å². The normalized spacial score (nSPS) is 19.1. The van der Waals surface area contributed by atoms with Crippen molar-refractivity contribution in [3.8, 4) is 0 Å². The first kappa shape index (κ1) is 8.65. The van der Waals surface area contributed by atoms with E-state index in [0.717, 1.165) is 39.4 Å². The largest absolute Gasteiger partial charge is 0.379 e. The Labute approximate surface area is 77.3 Å². The number of aromatic nitrogens is 3. The molecular formula is C8H14N4O. The minimum atomic E-state index is 0.858. The monoisotopic (exact) mass is 182 g/mol. The molecular weight excluding hydrogens is 168 g/mol. The summed E-state index contributed by atoms with van der Waals surface area (Å²) in [7, 11) is 0. The quantitative estimate of drug-likeness (QED) is 0.638. The molecule has 2 heterocycles. The minimum Gasteiger partial charge on any atom is -0.379 e. The summed E-state index contributed by atoms with van der Waals surface area (Å²) in [4.78, 5) is 6.27. The van der Waals surface area contributed by atoms with Gasteiger partial charge >= 0.3 is 0 Å². The van der Waals surface area contributed by atoms with Gasteiger partial charge in [-0.3, -0.25) is 9.58 Å². The molecule has 0 radical (unpaired) electrons. The van der Waals surface area contributed by atoms with Crippen molar-refractivity contribution in [2.75, 3.05) is 32.8 Å². The number of hydrogen-bond acceptors (Lipinski definition) is 4. The van der Waals surface area contributed by atoms with Crippen molar-refractivity contribution in [3.05, 3.63) is 12.7 Å². The highest BCUT2D eigenvalue weighted by Gasteiger charge is 2.09. The number of rotatable bonds is 3. The van der Waals surface area contributed by atoms with E-state index in [2.05, 4.69) is 15.0 Å². The Balaban J connectivity index is 1.72. The van der Waals surface area contributed by atoms with Crippen molar-refractivity contribution in [2.24, 2.45) is 0 Å². The maximum absolute atomic E-state index is 5.26. The highest BCUT2D eigenvalue weighted by Crippen LogP contribution is 1.96. The van der Waals surface area contributed by atoms with Gasteiger partial charge in [-0.15, -0.1) is 0 Å². The summed E-state index contributed by atoms with van der Waals surface area (Å²) in [5.74, 6) is 0. The fourth-order valence-corrected chi connectivity index (χ4v) is 1.42. The lowest BCUT2D eigenvalue weighted by Gasteiger charge is -2.26. The van der Waals surface area contributed by atoms with E-state index in [1.807, 2.05) is 4.68 Å². The van der Waals surface area contributed by atoms with Crippen LogP contribution < -0.4 is 0 Å². The van der Waals surface area contributed by atoms with Crippen LogP contribution in [-0.4, -0.2) is 52.5 Å². The maximum atomic E-state index is 5.26. The molecule has 1 aliphatic rings. The minimum absolute atomic E-state index is 0.858. The predicted molar refractivity (Wildman–Crippen MR) is 47.3 cm³/mol. The van der Waals surface area contributed by atoms with Crippen LogP contribution in [-0.2, 0) is 11.3 Å². The van der Waals surface area contributed by atoms with Crippen LogP contribution >= 0.6 is 0 Å². The Morgan fingerprint density at radius 3 is 2.77 bits per heavy atom. The lowest BCUT2D eigenvalue weighted by molar-refractivity contribution is 0.0359. The van der Waals surface area contributed by atoms with Crippen LogP contribution in [0.5, 0.6) is 0 Å². The first-order valence-electron chi connectivity index (χ1n) is 4.58. The van der Waals surface area contributed by atoms with Crippen molar-refractivity contribution >= 4 is 0 Å². The summed E-state index contributed by atoms with van der Waals surface area (Å²) in [6.07, 6.45) is 3.32. The molecule has 1 aliphatic heterocycles. The molecule has 1 aromatic rings. The second-order valence-electron chi connectivity index (χ2n) is 3.11. The first-order valence-corrected chi connectivity index (χ1v) is 4.58. The van der Waals surface area contributed by atoms with E-state index >= 15 is 0 Å². The lowest BCUT2D eigenvalue weighted by atomic mass is 10.4. The van der Waals surface area contributed by atoms with Gasteiger partial charge in [0.2, 0.25) is 0 Å². The van der Waals surface area contributed by atoms with Crippen LogP contribution in [0.1, 0.15) is 0 Å². The van der Waals surface area contributed by atoms with Gasteiger partial charge in [-0.2, -0.15) is 5.10 Å². The number of hydrogen-bond donors (Lipinski definition) is 0. The van der Waals surface area contributed by atoms with Crippen LogP contribution in [0.3, 0.4) is 0 Å². The molecule has 0 saturated carbocycles. The molecule has 72 valence electrons. The van der Waals surface area contributed by atoms with Crippen molar-refractivity contribution < 1.29 is 4.74 Å². The molecule has 13 heavy (non-hydrogen) atoms. The van der Waals surface area contributed by atoms with E-state index < -0.39 is 0 Å². The molecule has 0 aromatic carbocycles. The molecule has 1 saturated heterocycles. The summed E-state index contributed by atoms with van der Waals surface area (Å²) in [5.41, 5.74) is 0. The van der Waals surface area contributed by atoms with E-state index in [9.17, 15) is 0 Å². The van der Waals surface area contributed by atoms with E-state index in [4.69, 9.17) is 4.74 Å². The van der Waals surface area contributed by atoms with Crippen molar-refractivity contribution in [1.29, 1.82) is 0 Å². The van der Waals surface area contributed by atoms with Gasteiger partial charge in [0.1, 0.15) is 12.7 Å². The number of morpholine rings is 1. The zero-order valence-electron chi connectivity index (χ0n) is 7.59. The van der Waals surface area contributed by atoms with Gasteiger partial charge in [0.25, 0.3) is 0 Å². The third-order valence-corrected chi connectivity index (χ3v) is 2.22. The smallest absolute Gasteiger partial charge is 0.137 e. The van der Waals surface area contributed by atoms with E-state index in [0.29, 0.717) is 0 Å². The number of nitrogens with zero attached hydrogens (tertiary/aromatic N) is 4. The summed E-state index contributed by atoms with van der Waals surface area (Å²) in [6.45, 7) is 5.74. The molecule has 0 spiro atoms. The molecule has 0 amide bonds. The lowest BCUT2D eigenvalue weighted by Crippen LogP contribution is -2.38. The molecule has 5 heteroatoms. The average molecular weight is 182 g/mol. The van der Waals surface area contributed by atoms with Gasteiger partial charge in [0.15, 0.2) is 0 Å². The predicted octanol–water partition coefficient (Wildman–Crippen LogP) is -0.390. The Hall–Kier alpha value is -0.940. The third-order valence-electron chi connectivity index (χ3n) is 2.22. The zero-order chi connectivity index (χ0) is 8.93. The van der Waals surface area contributed by atoms with Gasteiger partial charge in [-0.05, 0) is 0 Å². The summed E-state index contributed by atoms with van der Waals surface area (Å²) < 4.78 is 7.12. The Bertz CT molecular complexity index is 230. The van der Waals surface area contributed by atoms with Crippen LogP contribution in [0.2, 0.25) is 0 Å². The molecule has 0 N–H and O–H groups in total. The molecule has 1 aromatic heterocycles. The third kappa shape index (κ3) is 2.50. The van der Waals surface area contributed by atoms with Crippen molar-refractivity contribution in [2.45, 2.75) is 6.54 Å². The Morgan fingerprint density at radius 1 is 1.23 bits per heavy atom. The average Bonchev–Trinajstić information content (AvgIpc) is 2.69. The van der Waals surface area contributed by atoms with Crippen LogP contribution in [0.15, 0.2) is 12.7 Å². The summed E-state index contributed by atoms with van der Waals surface area (Å²) in [5, 5.41) is 4.05. The standard InChI is InChI=1S/C8H14N4O/c1(2-12-8-9-7-10-12)11-3-5-13-6-4-11/h7-8H,1-6H2. The Kier molecular flexibility index (Phi) is 2.89. The number of ether oxygens (including phenoxy) is 1. The van der Waals surface area contributed by atoms with Crippen molar-refractivity contribution in [3.63, 3.8) is 0 Å². The topological polar surface area (TPSA) is 43.2 Å². The highest BCUT2D eigenvalue weighted by atomic mass is 16.5. The fourth-order valence-electron chi connectivity index (χ4n) is 1.42. The van der Waals surface area contributed by atoms with Crippen LogP contribution in [0.4, 0.5) is 0 Å². The molecule has 0 unspecified atom stereocenters. The fraction of sp³-hybridized carbons (Fsp3) is 0.750. The van der Waals surface area contributed by atoms with Crippen molar-refractivity contribution in [1.82, 2.24) is 19.7 Å². The second kappa shape index (κ2) is 4.34. The Morgan fingerprint density at radius 2 is 2.08 bits per heavy atom. The van der Waals surface area contributed by atoms with E-state index in [-0.39, 0.29) is 0 Å². The molecule has 2 rings (SSSR count). The second-order valence-corrected chi connectivity index (χ2v) is 3.11. The molecule has 5 nitrogen and oxygen atoms in total.